The zero-order valence-corrected chi connectivity index (χ0v) is 17.5. The number of rotatable bonds is 6. The maximum Gasteiger partial charge on any atom is 0.193 e. The molecule has 10 N–H and O–H groups in total. The van der Waals surface area contributed by atoms with Crippen LogP contribution in [0.15, 0.2) is 97.1 Å². The molecule has 0 radical (unpaired) electrons. The van der Waals surface area contributed by atoms with E-state index in [2.05, 4.69) is 0 Å². The van der Waals surface area contributed by atoms with Crippen LogP contribution < -0.4 is 33.2 Å². The molecule has 0 atom stereocenters. The number of anilines is 2. The van der Waals surface area contributed by atoms with Gasteiger partial charge in [-0.3, -0.25) is 4.79 Å². The first-order valence-electron chi connectivity index (χ1n) is 9.38. The maximum absolute atomic E-state index is 12.8. The summed E-state index contributed by atoms with van der Waals surface area (Å²) >= 11 is 0. The quantitative estimate of drug-likeness (QED) is 0.216. The van der Waals surface area contributed by atoms with Gasteiger partial charge >= 0.3 is 0 Å². The van der Waals surface area contributed by atoms with E-state index in [0.29, 0.717) is 45.5 Å². The van der Waals surface area contributed by atoms with Crippen molar-refractivity contribution in [2.75, 3.05) is 11.5 Å². The molecule has 0 aliphatic rings. The summed E-state index contributed by atoms with van der Waals surface area (Å²) in [7, 11) is 0. The van der Waals surface area contributed by atoms with Crippen LogP contribution in [-0.4, -0.2) is 5.78 Å². The number of nitrogens with two attached hydrogens (primary N) is 2. The molecule has 0 aromatic heterocycles. The highest BCUT2D eigenvalue weighted by Crippen LogP contribution is 2.25. The molecule has 4 aromatic carbocycles. The lowest BCUT2D eigenvalue weighted by atomic mass is 10.0. The Morgan fingerprint density at radius 3 is 1.00 bits per heavy atom. The molecule has 7 heteroatoms. The van der Waals surface area contributed by atoms with Crippen molar-refractivity contribution in [1.29, 1.82) is 0 Å². The Labute approximate surface area is 186 Å². The average molecular weight is 431 g/mol. The van der Waals surface area contributed by atoms with E-state index >= 15 is 0 Å². The second-order valence-corrected chi connectivity index (χ2v) is 6.72. The standard InChI is InChI=1S/C25H20N2O3.2H3N/c26-19-5-13-23(14-6-19)29-21-9-1-17(2-10-21)25(28)18-3-11-22(12-4-18)30-24-15-7-20(27)8-16-24;;/h1-16H,26-27H2;2*1H3. The fourth-order valence-electron chi connectivity index (χ4n) is 2.86. The average Bonchev–Trinajstić information content (AvgIpc) is 2.77. The molecule has 0 fully saturated rings. The van der Waals surface area contributed by atoms with Crippen LogP contribution in [0, 0.1) is 0 Å². The molecule has 4 aromatic rings. The highest BCUT2D eigenvalue weighted by atomic mass is 16.5. The summed E-state index contributed by atoms with van der Waals surface area (Å²) in [5.41, 5.74) is 13.9. The molecule has 0 heterocycles. The van der Waals surface area contributed by atoms with Gasteiger partial charge in [-0.25, -0.2) is 0 Å². The van der Waals surface area contributed by atoms with E-state index in [9.17, 15) is 4.79 Å². The first-order chi connectivity index (χ1) is 14.6. The minimum Gasteiger partial charge on any atom is -0.457 e. The van der Waals surface area contributed by atoms with Crippen LogP contribution in [0.1, 0.15) is 15.9 Å². The fraction of sp³-hybridized carbons (Fsp3) is 0. The van der Waals surface area contributed by atoms with E-state index in [1.165, 1.54) is 0 Å². The van der Waals surface area contributed by atoms with Crippen molar-refractivity contribution in [1.82, 2.24) is 12.3 Å². The summed E-state index contributed by atoms with van der Waals surface area (Å²) in [4.78, 5) is 12.8. The SMILES string of the molecule is N.N.Nc1ccc(Oc2ccc(C(=O)c3ccc(Oc4ccc(N)cc4)cc3)cc2)cc1. The second kappa shape index (κ2) is 10.6. The molecule has 0 bridgehead atoms. The Kier molecular flexibility index (Phi) is 7.95. The first-order valence-corrected chi connectivity index (χ1v) is 9.38. The van der Waals surface area contributed by atoms with Crippen LogP contribution >= 0.6 is 0 Å². The van der Waals surface area contributed by atoms with Crippen molar-refractivity contribution in [3.8, 4) is 23.0 Å². The van der Waals surface area contributed by atoms with Crippen molar-refractivity contribution in [2.45, 2.75) is 0 Å². The number of carbonyl (C=O) groups excluding carboxylic acids is 1. The van der Waals surface area contributed by atoms with Gasteiger partial charge in [-0.15, -0.1) is 0 Å². The molecule has 7 nitrogen and oxygen atoms in total. The summed E-state index contributed by atoms with van der Waals surface area (Å²) in [6.07, 6.45) is 0. The Morgan fingerprint density at radius 1 is 0.469 bits per heavy atom. The summed E-state index contributed by atoms with van der Waals surface area (Å²) in [6, 6.07) is 28.3. The van der Waals surface area contributed by atoms with E-state index in [1.807, 2.05) is 0 Å². The van der Waals surface area contributed by atoms with Crippen molar-refractivity contribution in [2.24, 2.45) is 0 Å². The van der Waals surface area contributed by atoms with Crippen molar-refractivity contribution < 1.29 is 14.3 Å². The molecule has 0 spiro atoms. The third-order valence-corrected chi connectivity index (χ3v) is 4.46. The molecular formula is C25H26N4O3. The van der Waals surface area contributed by atoms with E-state index in [4.69, 9.17) is 20.9 Å². The number of hydrogen-bond donors (Lipinski definition) is 4. The van der Waals surface area contributed by atoms with Crippen molar-refractivity contribution in [3.63, 3.8) is 0 Å². The minimum absolute atomic E-state index is 0. The first kappa shape index (κ1) is 23.9. The van der Waals surface area contributed by atoms with Crippen LogP contribution in [0.4, 0.5) is 11.4 Å². The van der Waals surface area contributed by atoms with Gasteiger partial charge < -0.3 is 33.2 Å². The summed E-state index contributed by atoms with van der Waals surface area (Å²) in [5, 5.41) is 0. The molecule has 0 aliphatic carbocycles. The molecule has 0 amide bonds. The fourth-order valence-corrected chi connectivity index (χ4v) is 2.86. The van der Waals surface area contributed by atoms with Gasteiger partial charge in [0, 0.05) is 22.5 Å². The van der Waals surface area contributed by atoms with Gasteiger partial charge in [0.05, 0.1) is 0 Å². The minimum atomic E-state index is -0.0759. The van der Waals surface area contributed by atoms with Crippen LogP contribution in [-0.2, 0) is 0 Å². The number of hydrogen-bond acceptors (Lipinski definition) is 7. The van der Waals surface area contributed by atoms with E-state index < -0.39 is 0 Å². The Morgan fingerprint density at radius 2 is 0.719 bits per heavy atom. The second-order valence-electron chi connectivity index (χ2n) is 6.72. The third kappa shape index (κ3) is 5.85. The molecule has 4 rings (SSSR count). The monoisotopic (exact) mass is 430 g/mol. The lowest BCUT2D eigenvalue weighted by molar-refractivity contribution is 0.103. The zero-order valence-electron chi connectivity index (χ0n) is 17.5. The van der Waals surface area contributed by atoms with Gasteiger partial charge in [0.1, 0.15) is 23.0 Å². The van der Waals surface area contributed by atoms with Crippen LogP contribution in [0.25, 0.3) is 0 Å². The topological polar surface area (TPSA) is 158 Å². The van der Waals surface area contributed by atoms with Crippen molar-refractivity contribution >= 4 is 17.2 Å². The molecule has 164 valence electrons. The van der Waals surface area contributed by atoms with Gasteiger partial charge in [-0.2, -0.15) is 0 Å². The van der Waals surface area contributed by atoms with Gasteiger partial charge in [0.15, 0.2) is 5.78 Å². The van der Waals surface area contributed by atoms with E-state index in [0.717, 1.165) is 0 Å². The van der Waals surface area contributed by atoms with Crippen molar-refractivity contribution in [3.05, 3.63) is 108 Å². The number of carbonyl (C=O) groups is 1. The summed E-state index contributed by atoms with van der Waals surface area (Å²) < 4.78 is 11.5. The normalized spacial score (nSPS) is 9.75. The molecular weight excluding hydrogens is 404 g/mol. The van der Waals surface area contributed by atoms with Crippen LogP contribution in [0.2, 0.25) is 0 Å². The number of ether oxygens (including phenoxy) is 2. The Balaban J connectivity index is 0.00000181. The summed E-state index contributed by atoms with van der Waals surface area (Å²) in [5.74, 6) is 2.57. The largest absolute Gasteiger partial charge is 0.457 e. The highest BCUT2D eigenvalue weighted by molar-refractivity contribution is 6.09. The van der Waals surface area contributed by atoms with Gasteiger partial charge in [0.2, 0.25) is 0 Å². The lowest BCUT2D eigenvalue weighted by Gasteiger charge is -2.08. The smallest absolute Gasteiger partial charge is 0.193 e. The van der Waals surface area contributed by atoms with E-state index in [-0.39, 0.29) is 18.1 Å². The van der Waals surface area contributed by atoms with Crippen LogP contribution in [0.3, 0.4) is 0 Å². The molecule has 0 unspecified atom stereocenters. The van der Waals surface area contributed by atoms with Gasteiger partial charge in [-0.05, 0) is 97.1 Å². The van der Waals surface area contributed by atoms with Gasteiger partial charge in [0.25, 0.3) is 0 Å². The number of ketones is 1. The van der Waals surface area contributed by atoms with E-state index in [1.54, 1.807) is 97.1 Å². The zero-order chi connectivity index (χ0) is 20.9. The van der Waals surface area contributed by atoms with Crippen LogP contribution in [0.5, 0.6) is 23.0 Å². The van der Waals surface area contributed by atoms with Gasteiger partial charge in [-0.1, -0.05) is 0 Å². The maximum atomic E-state index is 12.8. The third-order valence-electron chi connectivity index (χ3n) is 4.46. The number of nitrogen functional groups attached to an aromatic ring is 2. The molecule has 32 heavy (non-hydrogen) atoms. The highest BCUT2D eigenvalue weighted by Gasteiger charge is 2.10. The summed E-state index contributed by atoms with van der Waals surface area (Å²) in [6.45, 7) is 0. The number of benzene rings is 4. The Hall–Kier alpha value is -4.33. The predicted molar refractivity (Wildman–Crippen MR) is 128 cm³/mol. The predicted octanol–water partition coefficient (Wildman–Crippen LogP) is 5.99. The molecule has 0 saturated carbocycles. The lowest BCUT2D eigenvalue weighted by Crippen LogP contribution is -2.01. The molecule has 0 aliphatic heterocycles. The molecule has 0 saturated heterocycles. The Bertz CT molecular complexity index is 1050.